The van der Waals surface area contributed by atoms with Crippen LogP contribution in [0.15, 0.2) is 78.5 Å². The van der Waals surface area contributed by atoms with Crippen LogP contribution in [0.2, 0.25) is 0 Å². The van der Waals surface area contributed by atoms with Gasteiger partial charge in [-0.1, -0.05) is 0 Å². The molecule has 0 aromatic heterocycles. The average molecular weight is 545 g/mol. The number of hydrogen-bond donors (Lipinski definition) is 6. The number of benzene rings is 3. The Labute approximate surface area is 232 Å². The molecule has 10 heteroatoms. The van der Waals surface area contributed by atoms with Crippen molar-refractivity contribution in [2.24, 2.45) is 0 Å². The van der Waals surface area contributed by atoms with Crippen molar-refractivity contribution in [2.75, 3.05) is 41.0 Å². The maximum absolute atomic E-state index is 14.7. The maximum atomic E-state index is 14.7. The van der Waals surface area contributed by atoms with E-state index in [1.165, 1.54) is 25.3 Å². The molecule has 4 rings (SSSR count). The zero-order valence-electron chi connectivity index (χ0n) is 22.4. The van der Waals surface area contributed by atoms with Gasteiger partial charge in [-0.15, -0.1) is 0 Å². The lowest BCUT2D eigenvalue weighted by molar-refractivity contribution is -0.112. The number of halogens is 1. The molecule has 9 nitrogen and oxygen atoms in total. The predicted octanol–water partition coefficient (Wildman–Crippen LogP) is 4.86. The van der Waals surface area contributed by atoms with Crippen molar-refractivity contribution in [1.29, 1.82) is 5.41 Å². The summed E-state index contributed by atoms with van der Waals surface area (Å²) in [5.41, 5.74) is 3.47. The van der Waals surface area contributed by atoms with E-state index in [9.17, 15) is 19.1 Å². The van der Waals surface area contributed by atoms with E-state index in [2.05, 4.69) is 26.2 Å². The van der Waals surface area contributed by atoms with E-state index in [4.69, 9.17) is 5.41 Å². The molecule has 1 heterocycles. The Morgan fingerprint density at radius 2 is 1.57 bits per heavy atom. The summed E-state index contributed by atoms with van der Waals surface area (Å²) >= 11 is 0. The fourth-order valence-electron chi connectivity index (χ4n) is 4.32. The molecule has 0 spiro atoms. The van der Waals surface area contributed by atoms with Crippen LogP contribution in [-0.4, -0.2) is 48.9 Å². The van der Waals surface area contributed by atoms with Crippen LogP contribution in [-0.2, 0) is 4.79 Å². The third-order valence-corrected chi connectivity index (χ3v) is 6.55. The molecule has 208 valence electrons. The van der Waals surface area contributed by atoms with Crippen molar-refractivity contribution in [3.05, 3.63) is 89.9 Å². The van der Waals surface area contributed by atoms with Gasteiger partial charge >= 0.3 is 0 Å². The van der Waals surface area contributed by atoms with Crippen LogP contribution < -0.4 is 26.2 Å². The molecule has 0 aliphatic carbocycles. The van der Waals surface area contributed by atoms with E-state index in [-0.39, 0.29) is 34.7 Å². The van der Waals surface area contributed by atoms with E-state index in [1.807, 2.05) is 12.1 Å². The number of hydrogen-bond acceptors (Lipinski definition) is 7. The first-order valence-corrected chi connectivity index (χ1v) is 13.0. The van der Waals surface area contributed by atoms with Crippen LogP contribution in [0, 0.1) is 11.2 Å². The van der Waals surface area contributed by atoms with Crippen molar-refractivity contribution in [3.8, 4) is 0 Å². The molecule has 0 unspecified atom stereocenters. The molecule has 0 atom stereocenters. The molecule has 0 radical (unpaired) electrons. The number of piperidine rings is 1. The fraction of sp³-hybridized carbons (Fsp3) is 0.233. The molecule has 6 N–H and O–H groups in total. The van der Waals surface area contributed by atoms with Crippen molar-refractivity contribution in [1.82, 2.24) is 5.32 Å². The van der Waals surface area contributed by atoms with E-state index < -0.39 is 11.7 Å². The second-order valence-electron chi connectivity index (χ2n) is 9.54. The number of rotatable bonds is 9. The normalized spacial score (nSPS) is 13.9. The van der Waals surface area contributed by atoms with Crippen molar-refractivity contribution in [3.63, 3.8) is 0 Å². The quantitative estimate of drug-likeness (QED) is 0.169. The number of carbonyl (C=O) groups excluding carboxylic acids is 2. The van der Waals surface area contributed by atoms with E-state index >= 15 is 0 Å². The molecule has 1 saturated heterocycles. The summed E-state index contributed by atoms with van der Waals surface area (Å²) < 4.78 is 14.7. The van der Waals surface area contributed by atoms with E-state index in [1.54, 1.807) is 49.5 Å². The smallest absolute Gasteiger partial charge is 0.258 e. The van der Waals surface area contributed by atoms with Crippen molar-refractivity contribution >= 4 is 46.0 Å². The molecule has 1 aliphatic heterocycles. The Bertz CT molecular complexity index is 1400. The third kappa shape index (κ3) is 7.23. The van der Waals surface area contributed by atoms with Gasteiger partial charge < -0.3 is 36.7 Å². The average Bonchev–Trinajstić information content (AvgIpc) is 2.94. The minimum Gasteiger partial charge on any atom is -0.393 e. The van der Waals surface area contributed by atoms with Crippen LogP contribution in [0.3, 0.4) is 0 Å². The van der Waals surface area contributed by atoms with Crippen LogP contribution in [0.4, 0.5) is 32.8 Å². The molecular weight excluding hydrogens is 511 g/mol. The van der Waals surface area contributed by atoms with Gasteiger partial charge in [0.1, 0.15) is 5.82 Å². The standard InChI is InChI=1S/C30H33FN6O3/c1-19(32)26(18-33-2)30(40)36-23-9-12-28(27(31)17-23)34-21-5-7-22(8-6-21)35-29(39)20-3-10-24(11-4-20)37-15-13-25(38)14-16-37/h3-12,17-18,25,32-34,38H,13-16H2,1-2H3,(H,35,39)(H,36,40)/b26-18+,32-19?. The minimum atomic E-state index is -0.565. The van der Waals surface area contributed by atoms with Crippen molar-refractivity contribution in [2.45, 2.75) is 25.9 Å². The summed E-state index contributed by atoms with van der Waals surface area (Å²) in [7, 11) is 1.62. The van der Waals surface area contributed by atoms with Crippen LogP contribution in [0.25, 0.3) is 0 Å². The Kier molecular flexibility index (Phi) is 9.13. The molecule has 3 aromatic rings. The van der Waals surface area contributed by atoms with Gasteiger partial charge in [0.05, 0.1) is 17.4 Å². The summed E-state index contributed by atoms with van der Waals surface area (Å²) in [6.45, 7) is 3.07. The lowest BCUT2D eigenvalue weighted by atomic mass is 10.1. The summed E-state index contributed by atoms with van der Waals surface area (Å²) in [5.74, 6) is -1.32. The third-order valence-electron chi connectivity index (χ3n) is 6.55. The summed E-state index contributed by atoms with van der Waals surface area (Å²) in [6, 6.07) is 18.5. The number of aliphatic hydroxyl groups excluding tert-OH is 1. The predicted molar refractivity (Wildman–Crippen MR) is 157 cm³/mol. The zero-order valence-corrected chi connectivity index (χ0v) is 22.4. The molecule has 40 heavy (non-hydrogen) atoms. The van der Waals surface area contributed by atoms with Crippen LogP contribution in [0.5, 0.6) is 0 Å². The molecular formula is C30H33FN6O3. The summed E-state index contributed by atoms with van der Waals surface area (Å²) in [4.78, 5) is 27.3. The number of amides is 2. The Morgan fingerprint density at radius 1 is 0.950 bits per heavy atom. The van der Waals surface area contributed by atoms with Gasteiger partial charge in [-0.2, -0.15) is 0 Å². The highest BCUT2D eigenvalue weighted by Gasteiger charge is 2.18. The second kappa shape index (κ2) is 12.9. The first-order chi connectivity index (χ1) is 19.2. The summed E-state index contributed by atoms with van der Waals surface area (Å²) in [5, 5.41) is 28.6. The lowest BCUT2D eigenvalue weighted by Gasteiger charge is -2.31. The largest absolute Gasteiger partial charge is 0.393 e. The minimum absolute atomic E-state index is 0.0817. The number of aliphatic hydroxyl groups is 1. The van der Waals surface area contributed by atoms with Gasteiger partial charge in [0.15, 0.2) is 0 Å². The lowest BCUT2D eigenvalue weighted by Crippen LogP contribution is -2.35. The Morgan fingerprint density at radius 3 is 2.17 bits per heavy atom. The van der Waals surface area contributed by atoms with E-state index in [0.29, 0.717) is 16.9 Å². The highest BCUT2D eigenvalue weighted by Crippen LogP contribution is 2.25. The molecule has 1 fully saturated rings. The molecule has 0 bridgehead atoms. The number of nitrogens with one attached hydrogen (secondary N) is 5. The van der Waals surface area contributed by atoms with Gasteiger partial charge in [-0.3, -0.25) is 9.59 Å². The first kappa shape index (κ1) is 28.3. The monoisotopic (exact) mass is 544 g/mol. The van der Waals surface area contributed by atoms with Gasteiger partial charge in [-0.25, -0.2) is 4.39 Å². The summed E-state index contributed by atoms with van der Waals surface area (Å²) in [6.07, 6.45) is 2.66. The molecule has 0 saturated carbocycles. The highest BCUT2D eigenvalue weighted by atomic mass is 19.1. The van der Waals surface area contributed by atoms with E-state index in [0.717, 1.165) is 31.6 Å². The molecule has 1 aliphatic rings. The second-order valence-corrected chi connectivity index (χ2v) is 9.54. The first-order valence-electron chi connectivity index (χ1n) is 13.0. The molecule has 3 aromatic carbocycles. The SMILES string of the molecule is CN/C=C(\C(C)=N)C(=O)Nc1ccc(Nc2ccc(NC(=O)c3ccc(N4CCC(O)CC4)cc3)cc2)c(F)c1. The zero-order chi connectivity index (χ0) is 28.6. The fourth-order valence-corrected chi connectivity index (χ4v) is 4.32. The van der Waals surface area contributed by atoms with Crippen molar-refractivity contribution < 1.29 is 19.1 Å². The number of anilines is 5. The number of nitrogens with zero attached hydrogens (tertiary/aromatic N) is 1. The number of carbonyl (C=O) groups is 2. The topological polar surface area (TPSA) is 130 Å². The van der Waals surface area contributed by atoms with Gasteiger partial charge in [0.2, 0.25) is 0 Å². The van der Waals surface area contributed by atoms with Crippen LogP contribution >= 0.6 is 0 Å². The van der Waals surface area contributed by atoms with Gasteiger partial charge in [0.25, 0.3) is 11.8 Å². The van der Waals surface area contributed by atoms with Crippen LogP contribution in [0.1, 0.15) is 30.1 Å². The maximum Gasteiger partial charge on any atom is 0.258 e. The van der Waals surface area contributed by atoms with Gasteiger partial charge in [-0.05, 0) is 86.5 Å². The Hall–Kier alpha value is -4.70. The van der Waals surface area contributed by atoms with Gasteiger partial charge in [0, 0.05) is 60.4 Å². The molecule has 2 amide bonds. The Balaban J connectivity index is 1.33. The highest BCUT2D eigenvalue weighted by molar-refractivity contribution is 6.23.